The molecule has 0 radical (unpaired) electrons. The van der Waals surface area contributed by atoms with E-state index in [1.165, 1.54) is 32.5 Å². The van der Waals surface area contributed by atoms with Crippen molar-refractivity contribution in [2.75, 3.05) is 26.2 Å². The fraction of sp³-hybridized carbons (Fsp3) is 0.917. The van der Waals surface area contributed by atoms with Gasteiger partial charge in [-0.25, -0.2) is 0 Å². The van der Waals surface area contributed by atoms with E-state index in [0.29, 0.717) is 13.0 Å². The number of carbonyl (C=O) groups excluding carboxylic acids is 1. The lowest BCUT2D eigenvalue weighted by atomic mass is 10.1. The fourth-order valence-corrected chi connectivity index (χ4v) is 2.11. The van der Waals surface area contributed by atoms with Crippen LogP contribution in [0, 0.1) is 5.92 Å². The Morgan fingerprint density at radius 1 is 1.47 bits per heavy atom. The summed E-state index contributed by atoms with van der Waals surface area (Å²) in [6, 6.07) is 0. The van der Waals surface area contributed by atoms with Crippen molar-refractivity contribution in [3.8, 4) is 0 Å². The highest BCUT2D eigenvalue weighted by Gasteiger charge is 2.21. The summed E-state index contributed by atoms with van der Waals surface area (Å²) >= 11 is 0. The first-order chi connectivity index (χ1) is 7.26. The molecule has 15 heavy (non-hydrogen) atoms. The molecule has 1 rings (SSSR count). The zero-order chi connectivity index (χ0) is 11.1. The van der Waals surface area contributed by atoms with Crippen molar-refractivity contribution in [3.63, 3.8) is 0 Å². The van der Waals surface area contributed by atoms with Gasteiger partial charge in [0.05, 0.1) is 6.61 Å². The van der Waals surface area contributed by atoms with Crippen LogP contribution in [0.5, 0.6) is 0 Å². The lowest BCUT2D eigenvalue weighted by molar-refractivity contribution is -0.143. The molecule has 88 valence electrons. The molecule has 1 aliphatic rings. The molecule has 1 heterocycles. The molecule has 0 aliphatic carbocycles. The monoisotopic (exact) mass is 213 g/mol. The summed E-state index contributed by atoms with van der Waals surface area (Å²) in [7, 11) is 0. The SMILES string of the molecule is CCCN1CCC(CCOC(=O)CC)C1. The topological polar surface area (TPSA) is 29.5 Å². The summed E-state index contributed by atoms with van der Waals surface area (Å²) in [6.07, 6.45) is 4.03. The lowest BCUT2D eigenvalue weighted by Crippen LogP contribution is -2.21. The summed E-state index contributed by atoms with van der Waals surface area (Å²) in [6.45, 7) is 8.29. The number of likely N-dealkylation sites (tertiary alicyclic amines) is 1. The van der Waals surface area contributed by atoms with Gasteiger partial charge in [-0.05, 0) is 38.3 Å². The molecule has 0 aromatic carbocycles. The molecular weight excluding hydrogens is 190 g/mol. The first-order valence-electron chi connectivity index (χ1n) is 6.14. The minimum Gasteiger partial charge on any atom is -0.466 e. The van der Waals surface area contributed by atoms with Crippen molar-refractivity contribution in [1.29, 1.82) is 0 Å². The number of nitrogens with zero attached hydrogens (tertiary/aromatic N) is 1. The van der Waals surface area contributed by atoms with Crippen molar-refractivity contribution in [2.24, 2.45) is 5.92 Å². The molecule has 1 atom stereocenters. The minimum atomic E-state index is -0.0709. The number of rotatable bonds is 6. The second-order valence-electron chi connectivity index (χ2n) is 4.32. The second kappa shape index (κ2) is 6.83. The zero-order valence-corrected chi connectivity index (χ0v) is 10.00. The van der Waals surface area contributed by atoms with Crippen molar-refractivity contribution in [1.82, 2.24) is 4.90 Å². The molecule has 0 aromatic heterocycles. The highest BCUT2D eigenvalue weighted by atomic mass is 16.5. The molecule has 1 unspecified atom stereocenters. The molecule has 0 spiro atoms. The Kier molecular flexibility index (Phi) is 5.69. The highest BCUT2D eigenvalue weighted by molar-refractivity contribution is 5.68. The molecular formula is C12H23NO2. The Morgan fingerprint density at radius 2 is 2.27 bits per heavy atom. The van der Waals surface area contributed by atoms with E-state index in [2.05, 4.69) is 11.8 Å². The summed E-state index contributed by atoms with van der Waals surface area (Å²) in [5, 5.41) is 0. The summed E-state index contributed by atoms with van der Waals surface area (Å²) in [5.74, 6) is 0.666. The van der Waals surface area contributed by atoms with Crippen LogP contribution in [0.15, 0.2) is 0 Å². The maximum absolute atomic E-state index is 10.9. The van der Waals surface area contributed by atoms with E-state index in [1.54, 1.807) is 0 Å². The number of esters is 1. The lowest BCUT2D eigenvalue weighted by Gasteiger charge is -2.14. The summed E-state index contributed by atoms with van der Waals surface area (Å²) < 4.78 is 5.09. The van der Waals surface area contributed by atoms with E-state index in [-0.39, 0.29) is 5.97 Å². The Labute approximate surface area is 92.8 Å². The van der Waals surface area contributed by atoms with Crippen molar-refractivity contribution in [2.45, 2.75) is 39.5 Å². The van der Waals surface area contributed by atoms with Crippen molar-refractivity contribution in [3.05, 3.63) is 0 Å². The molecule has 0 saturated carbocycles. The molecule has 1 fully saturated rings. The number of ether oxygens (including phenoxy) is 1. The number of hydrogen-bond donors (Lipinski definition) is 0. The molecule has 0 bridgehead atoms. The normalized spacial score (nSPS) is 21.9. The van der Waals surface area contributed by atoms with Crippen LogP contribution in [0.3, 0.4) is 0 Å². The third-order valence-corrected chi connectivity index (χ3v) is 2.99. The highest BCUT2D eigenvalue weighted by Crippen LogP contribution is 2.19. The van der Waals surface area contributed by atoms with Crippen LogP contribution in [-0.4, -0.2) is 37.1 Å². The van der Waals surface area contributed by atoms with Crippen LogP contribution in [0.25, 0.3) is 0 Å². The minimum absolute atomic E-state index is 0.0709. The Bertz CT molecular complexity index is 194. The van der Waals surface area contributed by atoms with E-state index in [4.69, 9.17) is 4.74 Å². The zero-order valence-electron chi connectivity index (χ0n) is 10.00. The maximum Gasteiger partial charge on any atom is 0.305 e. The van der Waals surface area contributed by atoms with Crippen LogP contribution in [-0.2, 0) is 9.53 Å². The van der Waals surface area contributed by atoms with Crippen LogP contribution in [0.4, 0.5) is 0 Å². The van der Waals surface area contributed by atoms with Gasteiger partial charge in [-0.3, -0.25) is 4.79 Å². The van der Waals surface area contributed by atoms with Crippen LogP contribution >= 0.6 is 0 Å². The number of carbonyl (C=O) groups is 1. The van der Waals surface area contributed by atoms with E-state index >= 15 is 0 Å². The summed E-state index contributed by atoms with van der Waals surface area (Å²) in [5.41, 5.74) is 0. The van der Waals surface area contributed by atoms with Gasteiger partial charge in [0.15, 0.2) is 0 Å². The quantitative estimate of drug-likeness (QED) is 0.633. The van der Waals surface area contributed by atoms with Gasteiger partial charge in [-0.1, -0.05) is 13.8 Å². The van der Waals surface area contributed by atoms with Gasteiger partial charge < -0.3 is 9.64 Å². The fourth-order valence-electron chi connectivity index (χ4n) is 2.11. The Morgan fingerprint density at radius 3 is 2.93 bits per heavy atom. The maximum atomic E-state index is 10.9. The average molecular weight is 213 g/mol. The van der Waals surface area contributed by atoms with Gasteiger partial charge in [-0.15, -0.1) is 0 Å². The van der Waals surface area contributed by atoms with Gasteiger partial charge in [0.1, 0.15) is 0 Å². The Hall–Kier alpha value is -0.570. The van der Waals surface area contributed by atoms with E-state index in [9.17, 15) is 4.79 Å². The predicted octanol–water partition coefficient (Wildman–Crippen LogP) is 2.06. The van der Waals surface area contributed by atoms with Crippen molar-refractivity contribution < 1.29 is 9.53 Å². The largest absolute Gasteiger partial charge is 0.466 e. The molecule has 0 N–H and O–H groups in total. The van der Waals surface area contributed by atoms with Crippen LogP contribution in [0.1, 0.15) is 39.5 Å². The third kappa shape index (κ3) is 4.65. The van der Waals surface area contributed by atoms with Crippen LogP contribution < -0.4 is 0 Å². The smallest absolute Gasteiger partial charge is 0.305 e. The van der Waals surface area contributed by atoms with Gasteiger partial charge >= 0.3 is 5.97 Å². The first kappa shape index (κ1) is 12.5. The standard InChI is InChI=1S/C12H23NO2/c1-3-7-13-8-5-11(10-13)6-9-15-12(14)4-2/h11H,3-10H2,1-2H3. The number of hydrogen-bond acceptors (Lipinski definition) is 3. The van der Waals surface area contributed by atoms with E-state index in [0.717, 1.165) is 12.3 Å². The summed E-state index contributed by atoms with van der Waals surface area (Å²) in [4.78, 5) is 13.4. The second-order valence-corrected chi connectivity index (χ2v) is 4.32. The molecule has 0 amide bonds. The van der Waals surface area contributed by atoms with E-state index < -0.39 is 0 Å². The van der Waals surface area contributed by atoms with E-state index in [1.807, 2.05) is 6.92 Å². The average Bonchev–Trinajstić information content (AvgIpc) is 2.66. The van der Waals surface area contributed by atoms with Gasteiger partial charge in [0.25, 0.3) is 0 Å². The molecule has 1 aliphatic heterocycles. The van der Waals surface area contributed by atoms with Gasteiger partial charge in [-0.2, -0.15) is 0 Å². The molecule has 1 saturated heterocycles. The van der Waals surface area contributed by atoms with Crippen molar-refractivity contribution >= 4 is 5.97 Å². The molecule has 0 aromatic rings. The van der Waals surface area contributed by atoms with Gasteiger partial charge in [0, 0.05) is 13.0 Å². The first-order valence-corrected chi connectivity index (χ1v) is 6.14. The molecule has 3 heteroatoms. The predicted molar refractivity (Wildman–Crippen MR) is 60.7 cm³/mol. The van der Waals surface area contributed by atoms with Crippen LogP contribution in [0.2, 0.25) is 0 Å². The third-order valence-electron chi connectivity index (χ3n) is 2.99. The van der Waals surface area contributed by atoms with Gasteiger partial charge in [0.2, 0.25) is 0 Å². The molecule has 3 nitrogen and oxygen atoms in total. The Balaban J connectivity index is 2.06.